The summed E-state index contributed by atoms with van der Waals surface area (Å²) in [6.07, 6.45) is -0.888. The van der Waals surface area contributed by atoms with E-state index in [0.717, 1.165) is 18.5 Å². The third kappa shape index (κ3) is 5.62. The van der Waals surface area contributed by atoms with Gasteiger partial charge in [-0.1, -0.05) is 0 Å². The number of fused-ring (bicyclic) bond motifs is 1. The van der Waals surface area contributed by atoms with E-state index in [0.29, 0.717) is 46.2 Å². The molecule has 1 saturated heterocycles. The van der Waals surface area contributed by atoms with Crippen molar-refractivity contribution in [1.82, 2.24) is 20.3 Å². The number of ketones is 1. The van der Waals surface area contributed by atoms with Crippen molar-refractivity contribution in [1.29, 1.82) is 0 Å². The predicted octanol–water partition coefficient (Wildman–Crippen LogP) is 3.08. The number of halogens is 3. The summed E-state index contributed by atoms with van der Waals surface area (Å²) in [6.45, 7) is 1.56. The minimum atomic E-state index is -5.08. The van der Waals surface area contributed by atoms with Gasteiger partial charge >= 0.3 is 12.1 Å². The Morgan fingerprint density at radius 3 is 2.23 bits per heavy atom. The first-order chi connectivity index (χ1) is 16.6. The molecule has 10 nitrogen and oxygen atoms in total. The fourth-order valence-corrected chi connectivity index (χ4v) is 3.55. The highest BCUT2D eigenvalue weighted by molar-refractivity contribution is 6.07. The van der Waals surface area contributed by atoms with Crippen molar-refractivity contribution in [3.63, 3.8) is 0 Å². The van der Waals surface area contributed by atoms with Crippen LogP contribution in [0.2, 0.25) is 0 Å². The van der Waals surface area contributed by atoms with Crippen molar-refractivity contribution < 1.29 is 42.1 Å². The monoisotopic (exact) mass is 496 g/mol. The molecule has 0 aliphatic carbocycles. The summed E-state index contributed by atoms with van der Waals surface area (Å²) in [5, 5.41) is 10.4. The molecule has 4 rings (SSSR count). The lowest BCUT2D eigenvalue weighted by Crippen LogP contribution is -2.21. The van der Waals surface area contributed by atoms with E-state index in [4.69, 9.17) is 29.1 Å². The third-order valence-electron chi connectivity index (χ3n) is 5.28. The lowest BCUT2D eigenvalue weighted by molar-refractivity contribution is -0.192. The van der Waals surface area contributed by atoms with Gasteiger partial charge in [-0.25, -0.2) is 14.8 Å². The van der Waals surface area contributed by atoms with Crippen molar-refractivity contribution in [3.05, 3.63) is 30.1 Å². The van der Waals surface area contributed by atoms with Gasteiger partial charge in [-0.15, -0.1) is 0 Å². The van der Waals surface area contributed by atoms with Crippen LogP contribution in [-0.2, 0) is 4.79 Å². The number of carboxylic acid groups (broad SMARTS) is 1. The Balaban J connectivity index is 0.000000429. The van der Waals surface area contributed by atoms with E-state index in [-0.39, 0.29) is 11.7 Å². The first kappa shape index (κ1) is 25.7. The van der Waals surface area contributed by atoms with Crippen LogP contribution < -0.4 is 19.5 Å². The second kappa shape index (κ2) is 10.6. The molecular weight excluding hydrogens is 473 g/mol. The number of aromatic amines is 1. The molecule has 3 heterocycles. The number of carbonyl (C=O) groups is 2. The lowest BCUT2D eigenvalue weighted by atomic mass is 9.98. The highest BCUT2D eigenvalue weighted by Gasteiger charge is 2.38. The SMILES string of the molecule is COc1cc(-c2cnc3[nH]cc(C(=O)C4CCNC4)c3n2)cc(OC)c1OC.O=C(O)C(F)(F)F. The summed E-state index contributed by atoms with van der Waals surface area (Å²) in [7, 11) is 4.69. The van der Waals surface area contributed by atoms with Crippen molar-refractivity contribution in [2.75, 3.05) is 34.4 Å². The molecule has 1 fully saturated rings. The summed E-state index contributed by atoms with van der Waals surface area (Å²) in [6, 6.07) is 3.62. The average molecular weight is 496 g/mol. The normalized spacial score (nSPS) is 15.3. The van der Waals surface area contributed by atoms with Crippen LogP contribution in [0.4, 0.5) is 13.2 Å². The second-order valence-corrected chi connectivity index (χ2v) is 7.43. The molecule has 0 spiro atoms. The van der Waals surface area contributed by atoms with Gasteiger partial charge in [0.2, 0.25) is 5.75 Å². The lowest BCUT2D eigenvalue weighted by Gasteiger charge is -2.14. The number of aromatic nitrogens is 3. The zero-order valence-electron chi connectivity index (χ0n) is 19.0. The van der Waals surface area contributed by atoms with Crippen molar-refractivity contribution >= 4 is 22.9 Å². The van der Waals surface area contributed by atoms with Crippen LogP contribution >= 0.6 is 0 Å². The quantitative estimate of drug-likeness (QED) is 0.440. The zero-order valence-corrected chi connectivity index (χ0v) is 19.0. The number of carboxylic acids is 1. The molecule has 0 radical (unpaired) electrons. The highest BCUT2D eigenvalue weighted by Crippen LogP contribution is 2.41. The number of benzene rings is 1. The summed E-state index contributed by atoms with van der Waals surface area (Å²) in [4.78, 5) is 34.0. The number of rotatable bonds is 6. The number of H-pyrrole nitrogens is 1. The van der Waals surface area contributed by atoms with Crippen LogP contribution in [0.1, 0.15) is 16.8 Å². The summed E-state index contributed by atoms with van der Waals surface area (Å²) in [5.74, 6) is -1.12. The first-order valence-corrected chi connectivity index (χ1v) is 10.3. The van der Waals surface area contributed by atoms with Gasteiger partial charge in [-0.3, -0.25) is 4.79 Å². The molecule has 0 amide bonds. The van der Waals surface area contributed by atoms with E-state index in [1.165, 1.54) is 0 Å². The zero-order chi connectivity index (χ0) is 25.8. The molecule has 2 aromatic heterocycles. The molecule has 1 aromatic carbocycles. The number of methoxy groups -OCH3 is 3. The number of ether oxygens (including phenoxy) is 3. The molecule has 0 saturated carbocycles. The molecule has 188 valence electrons. The molecule has 1 unspecified atom stereocenters. The van der Waals surface area contributed by atoms with E-state index >= 15 is 0 Å². The average Bonchev–Trinajstić information content (AvgIpc) is 3.52. The number of alkyl halides is 3. The Hall–Kier alpha value is -3.87. The van der Waals surface area contributed by atoms with Crippen LogP contribution in [0.3, 0.4) is 0 Å². The number of hydrogen-bond acceptors (Lipinski definition) is 8. The molecule has 13 heteroatoms. The molecule has 1 aliphatic rings. The van der Waals surface area contributed by atoms with Gasteiger partial charge in [-0.05, 0) is 25.1 Å². The van der Waals surface area contributed by atoms with Crippen molar-refractivity contribution in [2.45, 2.75) is 12.6 Å². The molecule has 35 heavy (non-hydrogen) atoms. The minimum absolute atomic E-state index is 0.0226. The maximum Gasteiger partial charge on any atom is 0.490 e. The fourth-order valence-electron chi connectivity index (χ4n) is 3.55. The Morgan fingerprint density at radius 2 is 1.74 bits per heavy atom. The molecule has 1 atom stereocenters. The number of hydrogen-bond donors (Lipinski definition) is 3. The summed E-state index contributed by atoms with van der Waals surface area (Å²) < 4.78 is 48.0. The number of nitrogens with one attached hydrogen (secondary N) is 2. The van der Waals surface area contributed by atoms with Gasteiger partial charge < -0.3 is 29.6 Å². The van der Waals surface area contributed by atoms with Crippen molar-refractivity contribution in [3.8, 4) is 28.5 Å². The number of aliphatic carboxylic acids is 1. The highest BCUT2D eigenvalue weighted by atomic mass is 19.4. The van der Waals surface area contributed by atoms with Crippen LogP contribution in [0.25, 0.3) is 22.4 Å². The van der Waals surface area contributed by atoms with E-state index in [9.17, 15) is 18.0 Å². The minimum Gasteiger partial charge on any atom is -0.493 e. The van der Waals surface area contributed by atoms with E-state index in [2.05, 4.69) is 15.3 Å². The molecular formula is C22H23F3N4O6. The van der Waals surface area contributed by atoms with E-state index in [1.54, 1.807) is 33.7 Å². The Bertz CT molecular complexity index is 1200. The first-order valence-electron chi connectivity index (χ1n) is 10.3. The smallest absolute Gasteiger partial charge is 0.490 e. The maximum absolute atomic E-state index is 12.9. The summed E-state index contributed by atoms with van der Waals surface area (Å²) in [5.41, 5.74) is 3.11. The van der Waals surface area contributed by atoms with Gasteiger partial charge in [0.25, 0.3) is 0 Å². The van der Waals surface area contributed by atoms with Crippen LogP contribution in [0, 0.1) is 5.92 Å². The van der Waals surface area contributed by atoms with Gasteiger partial charge in [0, 0.05) is 24.2 Å². The maximum atomic E-state index is 12.9. The summed E-state index contributed by atoms with van der Waals surface area (Å²) >= 11 is 0. The van der Waals surface area contributed by atoms with Crippen LogP contribution in [0.5, 0.6) is 17.2 Å². The topological polar surface area (TPSA) is 136 Å². The molecule has 1 aliphatic heterocycles. The van der Waals surface area contributed by atoms with Gasteiger partial charge in [0.05, 0.1) is 38.8 Å². The Kier molecular flexibility index (Phi) is 7.79. The Labute approximate surface area is 197 Å². The Morgan fingerprint density at radius 1 is 1.11 bits per heavy atom. The predicted molar refractivity (Wildman–Crippen MR) is 118 cm³/mol. The van der Waals surface area contributed by atoms with Gasteiger partial charge in [0.15, 0.2) is 22.9 Å². The second-order valence-electron chi connectivity index (χ2n) is 7.43. The van der Waals surface area contributed by atoms with E-state index < -0.39 is 12.1 Å². The third-order valence-corrected chi connectivity index (χ3v) is 5.28. The van der Waals surface area contributed by atoms with Gasteiger partial charge in [-0.2, -0.15) is 13.2 Å². The van der Waals surface area contributed by atoms with Crippen LogP contribution in [0.15, 0.2) is 24.5 Å². The van der Waals surface area contributed by atoms with Crippen molar-refractivity contribution in [2.24, 2.45) is 5.92 Å². The molecule has 3 aromatic rings. The van der Waals surface area contributed by atoms with E-state index in [1.807, 2.05) is 12.1 Å². The number of Topliss-reactive ketones (excluding diaryl/α,β-unsaturated/α-hetero) is 1. The largest absolute Gasteiger partial charge is 0.493 e. The molecule has 0 bridgehead atoms. The van der Waals surface area contributed by atoms with Crippen LogP contribution in [-0.4, -0.2) is 72.4 Å². The fraction of sp³-hybridized carbons (Fsp3) is 0.364. The number of nitrogens with zero attached hydrogens (tertiary/aromatic N) is 2. The molecule has 3 N–H and O–H groups in total. The standard InChI is InChI=1S/C20H22N4O4.C2HF3O2/c1-26-15-6-12(7-16(27-2)19(15)28-3)14-10-23-20-17(24-14)13(9-22-20)18(25)11-4-5-21-8-11;3-2(4,5)1(6)7/h6-7,9-11,21H,4-5,8H2,1-3H3,(H,22,23);(H,6,7). The van der Waals surface area contributed by atoms with Gasteiger partial charge in [0.1, 0.15) is 5.52 Å². The number of carbonyl (C=O) groups excluding carboxylic acids is 1.